The molecule has 3 aromatic rings. The fourth-order valence-electron chi connectivity index (χ4n) is 3.77. The third-order valence-corrected chi connectivity index (χ3v) is 8.02. The van der Waals surface area contributed by atoms with Crippen molar-refractivity contribution in [2.24, 2.45) is 5.92 Å². The molecule has 188 valence electrons. The molecule has 1 amide bonds. The van der Waals surface area contributed by atoms with Gasteiger partial charge in [0.2, 0.25) is 26.6 Å². The molecule has 0 bridgehead atoms. The Labute approximate surface area is 199 Å². The molecule has 13 nitrogen and oxygen atoms in total. The number of H-pyrrole nitrogens is 1. The number of carbonyl (C=O) groups is 1. The number of anilines is 1. The lowest BCUT2D eigenvalue weighted by molar-refractivity contribution is -0.118. The summed E-state index contributed by atoms with van der Waals surface area (Å²) in [6, 6.07) is 5.59. The standard InChI is InChI=1S/C21H25N5O8S/c1-10(2)17(29)24-20-23-16-14(18(30)25-20)22-9-26(16)19-21(31,15(28)13(8-27)34-19)35(32,33)12-6-4-11(3)5-7-12/h4-7,9-10,13,15,19,27-28,31H,8H2,1-3H3,(H2,23,24,25,29,30)/t13-,15-,19-,21+/m1/s1. The Bertz CT molecular complexity index is 1430. The van der Waals surface area contributed by atoms with Crippen LogP contribution < -0.4 is 10.9 Å². The first kappa shape index (κ1) is 24.9. The van der Waals surface area contributed by atoms with E-state index in [4.69, 9.17) is 4.74 Å². The van der Waals surface area contributed by atoms with Gasteiger partial charge in [0.15, 0.2) is 17.4 Å². The van der Waals surface area contributed by atoms with Crippen molar-refractivity contribution in [2.75, 3.05) is 11.9 Å². The Kier molecular flexibility index (Phi) is 6.27. The van der Waals surface area contributed by atoms with Crippen LogP contribution in [0, 0.1) is 12.8 Å². The number of hydrogen-bond donors (Lipinski definition) is 5. The van der Waals surface area contributed by atoms with E-state index in [0.717, 1.165) is 16.5 Å². The molecule has 0 spiro atoms. The van der Waals surface area contributed by atoms with Crippen molar-refractivity contribution < 1.29 is 33.3 Å². The molecule has 0 aliphatic carbocycles. The summed E-state index contributed by atoms with van der Waals surface area (Å²) >= 11 is 0. The highest BCUT2D eigenvalue weighted by molar-refractivity contribution is 7.92. The summed E-state index contributed by atoms with van der Waals surface area (Å²) in [6.07, 6.45) is -4.38. The SMILES string of the molecule is Cc1ccc(S(=O)(=O)[C@@]2(O)[C@H](O)[C@@H](CO)O[C@H]2n2cnc3c(=O)[nH]c(NC(=O)C(C)C)nc32)cc1. The van der Waals surface area contributed by atoms with Crippen molar-refractivity contribution in [1.82, 2.24) is 19.5 Å². The molecule has 2 aromatic heterocycles. The number of hydrogen-bond acceptors (Lipinski definition) is 10. The number of aromatic nitrogens is 4. The van der Waals surface area contributed by atoms with Crippen molar-refractivity contribution in [1.29, 1.82) is 0 Å². The third-order valence-electron chi connectivity index (χ3n) is 5.83. The number of benzene rings is 1. The Morgan fingerprint density at radius 2 is 1.97 bits per heavy atom. The lowest BCUT2D eigenvalue weighted by atomic mass is 10.1. The van der Waals surface area contributed by atoms with Gasteiger partial charge < -0.3 is 20.1 Å². The molecule has 1 fully saturated rings. The maximum atomic E-state index is 13.6. The van der Waals surface area contributed by atoms with Crippen molar-refractivity contribution in [3.8, 4) is 0 Å². The highest BCUT2D eigenvalue weighted by atomic mass is 32.2. The number of aryl methyl sites for hydroxylation is 1. The first-order valence-electron chi connectivity index (χ1n) is 10.7. The van der Waals surface area contributed by atoms with Crippen LogP contribution in [0.1, 0.15) is 25.6 Å². The summed E-state index contributed by atoms with van der Waals surface area (Å²) in [7, 11) is -4.70. The Hall–Kier alpha value is -3.17. The topological polar surface area (TPSA) is 197 Å². The predicted octanol–water partition coefficient (Wildman–Crippen LogP) is -0.564. The highest BCUT2D eigenvalue weighted by Crippen LogP contribution is 2.45. The van der Waals surface area contributed by atoms with Crippen LogP contribution in [-0.2, 0) is 19.4 Å². The van der Waals surface area contributed by atoms with Crippen LogP contribution in [-0.4, -0.2) is 72.9 Å². The van der Waals surface area contributed by atoms with Gasteiger partial charge in [-0.1, -0.05) is 31.5 Å². The molecule has 0 radical (unpaired) electrons. The summed E-state index contributed by atoms with van der Waals surface area (Å²) in [4.78, 5) is 31.8. The number of aliphatic hydroxyl groups excluding tert-OH is 2. The lowest BCUT2D eigenvalue weighted by Gasteiger charge is -2.31. The minimum atomic E-state index is -4.70. The van der Waals surface area contributed by atoms with E-state index in [1.165, 1.54) is 24.3 Å². The number of imidazole rings is 1. The highest BCUT2D eigenvalue weighted by Gasteiger charge is 2.65. The first-order valence-corrected chi connectivity index (χ1v) is 12.2. The molecule has 3 heterocycles. The number of sulfone groups is 1. The summed E-state index contributed by atoms with van der Waals surface area (Å²) in [5.74, 6) is -1.10. The van der Waals surface area contributed by atoms with Crippen LogP contribution in [0.3, 0.4) is 0 Å². The van der Waals surface area contributed by atoms with Crippen LogP contribution in [0.4, 0.5) is 5.95 Å². The number of rotatable bonds is 6. The van der Waals surface area contributed by atoms with Crippen LogP contribution in [0.2, 0.25) is 0 Å². The van der Waals surface area contributed by atoms with Crippen LogP contribution >= 0.6 is 0 Å². The zero-order chi connectivity index (χ0) is 25.7. The summed E-state index contributed by atoms with van der Waals surface area (Å²) < 4.78 is 33.7. The van der Waals surface area contributed by atoms with E-state index in [9.17, 15) is 33.3 Å². The molecule has 1 aliphatic heterocycles. The van der Waals surface area contributed by atoms with E-state index in [2.05, 4.69) is 20.3 Å². The van der Waals surface area contributed by atoms with Crippen molar-refractivity contribution in [2.45, 2.75) is 49.0 Å². The van der Waals surface area contributed by atoms with Crippen molar-refractivity contribution in [3.05, 3.63) is 46.5 Å². The van der Waals surface area contributed by atoms with Crippen LogP contribution in [0.5, 0.6) is 0 Å². The number of fused-ring (bicyclic) bond motifs is 1. The van der Waals surface area contributed by atoms with Gasteiger partial charge in [-0.05, 0) is 19.1 Å². The molecule has 4 rings (SSSR count). The van der Waals surface area contributed by atoms with Gasteiger partial charge in [-0.3, -0.25) is 24.5 Å². The molecule has 1 aromatic carbocycles. The number of aliphatic hydroxyl groups is 3. The van der Waals surface area contributed by atoms with Gasteiger partial charge in [0, 0.05) is 5.92 Å². The average molecular weight is 508 g/mol. The van der Waals surface area contributed by atoms with E-state index in [1.54, 1.807) is 20.8 Å². The van der Waals surface area contributed by atoms with Gasteiger partial charge in [-0.15, -0.1) is 0 Å². The van der Waals surface area contributed by atoms with Crippen LogP contribution in [0.25, 0.3) is 11.2 Å². The predicted molar refractivity (Wildman–Crippen MR) is 122 cm³/mol. The van der Waals surface area contributed by atoms with E-state index < -0.39 is 57.2 Å². The van der Waals surface area contributed by atoms with E-state index in [0.29, 0.717) is 0 Å². The summed E-state index contributed by atoms with van der Waals surface area (Å²) in [6.45, 7) is 4.21. The van der Waals surface area contributed by atoms with E-state index in [-0.39, 0.29) is 22.0 Å². The van der Waals surface area contributed by atoms with Gasteiger partial charge in [0.05, 0.1) is 17.8 Å². The monoisotopic (exact) mass is 507 g/mol. The Balaban J connectivity index is 1.89. The second-order valence-electron chi connectivity index (χ2n) is 8.61. The van der Waals surface area contributed by atoms with Gasteiger partial charge in [0.25, 0.3) is 5.56 Å². The molecule has 35 heavy (non-hydrogen) atoms. The maximum absolute atomic E-state index is 13.6. The largest absolute Gasteiger partial charge is 0.394 e. The fourth-order valence-corrected chi connectivity index (χ4v) is 5.55. The molecule has 0 unspecified atom stereocenters. The summed E-state index contributed by atoms with van der Waals surface area (Å²) in [5.41, 5.74) is -0.423. The van der Waals surface area contributed by atoms with Gasteiger partial charge in [0.1, 0.15) is 12.2 Å². The minimum absolute atomic E-state index is 0.221. The second kappa shape index (κ2) is 8.80. The second-order valence-corrected chi connectivity index (χ2v) is 10.7. The van der Waals surface area contributed by atoms with Gasteiger partial charge >= 0.3 is 0 Å². The Morgan fingerprint density at radius 3 is 2.57 bits per heavy atom. The fraction of sp³-hybridized carbons (Fsp3) is 0.429. The quantitative estimate of drug-likeness (QED) is 0.288. The van der Waals surface area contributed by atoms with E-state index >= 15 is 0 Å². The van der Waals surface area contributed by atoms with E-state index in [1.807, 2.05) is 0 Å². The zero-order valence-corrected chi connectivity index (χ0v) is 19.9. The van der Waals surface area contributed by atoms with Crippen molar-refractivity contribution >= 4 is 32.9 Å². The smallest absolute Gasteiger partial charge is 0.280 e. The van der Waals surface area contributed by atoms with Crippen molar-refractivity contribution in [3.63, 3.8) is 0 Å². The first-order chi connectivity index (χ1) is 16.4. The summed E-state index contributed by atoms with van der Waals surface area (Å²) in [5, 5.41) is 34.5. The molecule has 1 aliphatic rings. The molecule has 4 atom stereocenters. The number of ether oxygens (including phenoxy) is 1. The molecule has 0 saturated carbocycles. The Morgan fingerprint density at radius 1 is 1.31 bits per heavy atom. The van der Waals surface area contributed by atoms with Gasteiger partial charge in [-0.25, -0.2) is 13.4 Å². The number of aromatic amines is 1. The number of nitrogens with zero attached hydrogens (tertiary/aromatic N) is 3. The molecular weight excluding hydrogens is 482 g/mol. The zero-order valence-electron chi connectivity index (χ0n) is 19.0. The average Bonchev–Trinajstić information content (AvgIpc) is 3.33. The number of carbonyl (C=O) groups excluding carboxylic acids is 1. The van der Waals surface area contributed by atoms with Crippen LogP contribution in [0.15, 0.2) is 40.3 Å². The molecular formula is C21H25N5O8S. The minimum Gasteiger partial charge on any atom is -0.394 e. The lowest BCUT2D eigenvalue weighted by Crippen LogP contribution is -2.53. The normalized spacial score (nSPS) is 24.8. The number of nitrogens with one attached hydrogen (secondary N) is 2. The molecule has 14 heteroatoms. The molecule has 5 N–H and O–H groups in total. The maximum Gasteiger partial charge on any atom is 0.280 e. The number of amides is 1. The third kappa shape index (κ3) is 3.92. The van der Waals surface area contributed by atoms with Gasteiger partial charge in [-0.2, -0.15) is 4.98 Å². The molecule has 1 saturated heterocycles.